The van der Waals surface area contributed by atoms with Crippen LogP contribution in [0.25, 0.3) is 0 Å². The first kappa shape index (κ1) is 17.7. The minimum absolute atomic E-state index is 0.108. The molecular weight excluding hydrogens is 306 g/mol. The van der Waals surface area contributed by atoms with E-state index in [0.717, 1.165) is 5.56 Å². The number of amides is 1. The summed E-state index contributed by atoms with van der Waals surface area (Å²) in [7, 11) is 0. The van der Waals surface area contributed by atoms with E-state index in [-0.39, 0.29) is 18.4 Å². The lowest BCUT2D eigenvalue weighted by Gasteiger charge is -2.20. The normalized spacial score (nSPS) is 13.5. The third-order valence-corrected chi connectivity index (χ3v) is 3.78. The fraction of sp³-hybridized carbons (Fsp3) is 0.389. The molecule has 6 nitrogen and oxygen atoms in total. The maximum absolute atomic E-state index is 12.7. The summed E-state index contributed by atoms with van der Waals surface area (Å²) in [5.74, 6) is -1.50. The van der Waals surface area contributed by atoms with Crippen molar-refractivity contribution in [3.05, 3.63) is 54.4 Å². The number of hydrogen-bond acceptors (Lipinski definition) is 3. The van der Waals surface area contributed by atoms with Gasteiger partial charge in [0.1, 0.15) is 0 Å². The summed E-state index contributed by atoms with van der Waals surface area (Å²) in [6.45, 7) is 4.04. The van der Waals surface area contributed by atoms with Gasteiger partial charge in [-0.1, -0.05) is 44.2 Å². The van der Waals surface area contributed by atoms with Crippen LogP contribution in [0.5, 0.6) is 0 Å². The topological polar surface area (TPSA) is 84.2 Å². The Bertz CT molecular complexity index is 653. The number of nitrogens with zero attached hydrogens (tertiary/aromatic N) is 2. The minimum atomic E-state index is -0.889. The number of rotatable bonds is 8. The molecule has 128 valence electrons. The largest absolute Gasteiger partial charge is 0.481 e. The summed E-state index contributed by atoms with van der Waals surface area (Å²) in [5.41, 5.74) is 0.800. The summed E-state index contributed by atoms with van der Waals surface area (Å²) in [6.07, 6.45) is 3.86. The predicted molar refractivity (Wildman–Crippen MR) is 90.4 cm³/mol. The lowest BCUT2D eigenvalue weighted by Crippen LogP contribution is -2.38. The highest BCUT2D eigenvalue weighted by molar-refractivity contribution is 5.84. The van der Waals surface area contributed by atoms with Crippen LogP contribution in [0, 0.1) is 11.8 Å². The summed E-state index contributed by atoms with van der Waals surface area (Å²) in [4.78, 5) is 24.0. The van der Waals surface area contributed by atoms with Crippen LogP contribution < -0.4 is 5.32 Å². The van der Waals surface area contributed by atoms with Crippen LogP contribution in [0.4, 0.5) is 0 Å². The van der Waals surface area contributed by atoms with Crippen molar-refractivity contribution < 1.29 is 14.7 Å². The summed E-state index contributed by atoms with van der Waals surface area (Å²) >= 11 is 0. The van der Waals surface area contributed by atoms with Gasteiger partial charge in [0, 0.05) is 18.9 Å². The van der Waals surface area contributed by atoms with Crippen LogP contribution in [0.2, 0.25) is 0 Å². The Morgan fingerprint density at radius 3 is 2.46 bits per heavy atom. The van der Waals surface area contributed by atoms with Crippen molar-refractivity contribution in [3.8, 4) is 0 Å². The molecule has 24 heavy (non-hydrogen) atoms. The number of aliphatic carboxylic acids is 1. The maximum Gasteiger partial charge on any atom is 0.308 e. The van der Waals surface area contributed by atoms with E-state index in [4.69, 9.17) is 0 Å². The van der Waals surface area contributed by atoms with Gasteiger partial charge in [-0.25, -0.2) is 0 Å². The van der Waals surface area contributed by atoms with Crippen LogP contribution in [-0.2, 0) is 9.59 Å². The number of carbonyl (C=O) groups excluding carboxylic acids is 1. The van der Waals surface area contributed by atoms with Crippen LogP contribution in [-0.4, -0.2) is 33.3 Å². The second-order valence-electron chi connectivity index (χ2n) is 6.21. The molecule has 0 radical (unpaired) electrons. The lowest BCUT2D eigenvalue weighted by molar-refractivity contribution is -0.142. The summed E-state index contributed by atoms with van der Waals surface area (Å²) in [6, 6.07) is 10.4. The van der Waals surface area contributed by atoms with Crippen molar-refractivity contribution in [2.75, 3.05) is 6.54 Å². The Hall–Kier alpha value is -2.63. The molecule has 0 saturated heterocycles. The van der Waals surface area contributed by atoms with Gasteiger partial charge < -0.3 is 10.4 Å². The number of aromatic nitrogens is 2. The van der Waals surface area contributed by atoms with Crippen molar-refractivity contribution in [1.82, 2.24) is 15.1 Å². The molecule has 1 aromatic heterocycles. The first-order valence-electron chi connectivity index (χ1n) is 8.03. The molecule has 0 saturated carbocycles. The molecule has 6 heteroatoms. The Kier molecular flexibility index (Phi) is 6.12. The molecule has 1 aromatic carbocycles. The van der Waals surface area contributed by atoms with Crippen molar-refractivity contribution in [2.24, 2.45) is 11.8 Å². The quantitative estimate of drug-likeness (QED) is 0.778. The fourth-order valence-corrected chi connectivity index (χ4v) is 2.65. The second-order valence-corrected chi connectivity index (χ2v) is 6.21. The van der Waals surface area contributed by atoms with Crippen LogP contribution in [0.1, 0.15) is 31.9 Å². The highest BCUT2D eigenvalue weighted by Crippen LogP contribution is 2.18. The molecule has 0 aliphatic rings. The summed E-state index contributed by atoms with van der Waals surface area (Å²) < 4.78 is 1.57. The predicted octanol–water partition coefficient (Wildman–Crippen LogP) is 2.34. The summed E-state index contributed by atoms with van der Waals surface area (Å²) in [5, 5.41) is 16.2. The van der Waals surface area contributed by atoms with Crippen LogP contribution in [0.15, 0.2) is 48.8 Å². The molecule has 0 aliphatic carbocycles. The molecule has 0 fully saturated rings. The molecule has 0 bridgehead atoms. The fourth-order valence-electron chi connectivity index (χ4n) is 2.65. The number of nitrogens with one attached hydrogen (secondary N) is 1. The molecule has 2 atom stereocenters. The Morgan fingerprint density at radius 1 is 1.21 bits per heavy atom. The van der Waals surface area contributed by atoms with E-state index in [2.05, 4.69) is 10.4 Å². The number of benzene rings is 1. The number of carbonyl (C=O) groups is 2. The molecule has 0 aliphatic heterocycles. The van der Waals surface area contributed by atoms with Gasteiger partial charge in [-0.2, -0.15) is 5.10 Å². The van der Waals surface area contributed by atoms with Crippen molar-refractivity contribution in [3.63, 3.8) is 0 Å². The molecule has 2 aromatic rings. The van der Waals surface area contributed by atoms with Crippen LogP contribution >= 0.6 is 0 Å². The average Bonchev–Trinajstić information content (AvgIpc) is 3.06. The highest BCUT2D eigenvalue weighted by atomic mass is 16.4. The zero-order valence-electron chi connectivity index (χ0n) is 13.9. The average molecular weight is 329 g/mol. The number of carboxylic acids is 1. The minimum Gasteiger partial charge on any atom is -0.481 e. The third-order valence-electron chi connectivity index (χ3n) is 3.78. The van der Waals surface area contributed by atoms with Gasteiger partial charge in [-0.05, 0) is 24.0 Å². The standard InChI is InChI=1S/C18H23N3O3/c1-13(2)11-15(18(23)24)12-19-17(22)16(21-10-6-9-20-21)14-7-4-3-5-8-14/h3-10,13,15-16H,11-12H2,1-2H3,(H,19,22)(H,23,24). The molecule has 1 heterocycles. The zero-order chi connectivity index (χ0) is 17.5. The zero-order valence-corrected chi connectivity index (χ0v) is 13.9. The van der Waals surface area contributed by atoms with E-state index >= 15 is 0 Å². The van der Waals surface area contributed by atoms with Gasteiger partial charge in [-0.3, -0.25) is 14.3 Å². The van der Waals surface area contributed by atoms with Gasteiger partial charge in [0.05, 0.1) is 5.92 Å². The molecule has 2 N–H and O–H groups in total. The number of carboxylic acid groups (broad SMARTS) is 1. The van der Waals surface area contributed by atoms with E-state index in [1.54, 1.807) is 23.1 Å². The van der Waals surface area contributed by atoms with E-state index in [0.29, 0.717) is 6.42 Å². The first-order chi connectivity index (χ1) is 11.5. The highest BCUT2D eigenvalue weighted by Gasteiger charge is 2.25. The molecule has 0 spiro atoms. The van der Waals surface area contributed by atoms with E-state index in [9.17, 15) is 14.7 Å². The SMILES string of the molecule is CC(C)CC(CNC(=O)C(c1ccccc1)n1cccn1)C(=O)O. The Labute approximate surface area is 141 Å². The Balaban J connectivity index is 2.13. The van der Waals surface area contributed by atoms with Crippen molar-refractivity contribution in [1.29, 1.82) is 0 Å². The van der Waals surface area contributed by atoms with E-state index in [1.165, 1.54) is 0 Å². The van der Waals surface area contributed by atoms with Gasteiger partial charge in [0.15, 0.2) is 6.04 Å². The smallest absolute Gasteiger partial charge is 0.308 e. The van der Waals surface area contributed by atoms with Crippen LogP contribution in [0.3, 0.4) is 0 Å². The van der Waals surface area contributed by atoms with Gasteiger partial charge >= 0.3 is 5.97 Å². The van der Waals surface area contributed by atoms with Crippen molar-refractivity contribution in [2.45, 2.75) is 26.3 Å². The lowest BCUT2D eigenvalue weighted by atomic mass is 9.97. The number of hydrogen-bond donors (Lipinski definition) is 2. The monoisotopic (exact) mass is 329 g/mol. The third kappa shape index (κ3) is 4.68. The Morgan fingerprint density at radius 2 is 1.92 bits per heavy atom. The van der Waals surface area contributed by atoms with Gasteiger partial charge in [-0.15, -0.1) is 0 Å². The van der Waals surface area contributed by atoms with Gasteiger partial charge in [0.25, 0.3) is 0 Å². The first-order valence-corrected chi connectivity index (χ1v) is 8.03. The van der Waals surface area contributed by atoms with Gasteiger partial charge in [0.2, 0.25) is 5.91 Å². The van der Waals surface area contributed by atoms with Crippen molar-refractivity contribution >= 4 is 11.9 Å². The molecule has 2 rings (SSSR count). The molecule has 2 unspecified atom stereocenters. The van der Waals surface area contributed by atoms with E-state index in [1.807, 2.05) is 44.2 Å². The van der Waals surface area contributed by atoms with E-state index < -0.39 is 17.9 Å². The maximum atomic E-state index is 12.7. The molecule has 1 amide bonds. The second kappa shape index (κ2) is 8.29. The molecular formula is C18H23N3O3.